The second kappa shape index (κ2) is 3.86. The molecule has 2 rings (SSSR count). The van der Waals surface area contributed by atoms with Crippen molar-refractivity contribution in [2.45, 2.75) is 6.42 Å². The topological polar surface area (TPSA) is 59.5 Å². The number of likely N-dealkylation sites (N-methyl/N-ethyl adjacent to an activating group) is 1. The van der Waals surface area contributed by atoms with Gasteiger partial charge in [0.1, 0.15) is 5.82 Å². The second-order valence-electron chi connectivity index (χ2n) is 3.42. The monoisotopic (exact) mass is 284 g/mol. The molecule has 6 heteroatoms. The first-order chi connectivity index (χ1) is 7.54. The van der Waals surface area contributed by atoms with E-state index in [1.807, 2.05) is 0 Å². The fourth-order valence-electron chi connectivity index (χ4n) is 1.58. The molecular formula is C10H9BrN2O3. The largest absolute Gasteiger partial charge is 0.464 e. The van der Waals surface area contributed by atoms with Crippen LogP contribution < -0.4 is 4.90 Å². The van der Waals surface area contributed by atoms with E-state index in [0.29, 0.717) is 16.7 Å². The van der Waals surface area contributed by atoms with Crippen LogP contribution in [0.4, 0.5) is 5.82 Å². The van der Waals surface area contributed by atoms with Crippen LogP contribution in [0, 0.1) is 0 Å². The molecule has 1 aromatic heterocycles. The Kier molecular flexibility index (Phi) is 2.67. The second-order valence-corrected chi connectivity index (χ2v) is 4.28. The first kappa shape index (κ1) is 11.1. The van der Waals surface area contributed by atoms with Crippen LogP contribution in [-0.2, 0) is 16.0 Å². The molecule has 2 heterocycles. The highest BCUT2D eigenvalue weighted by Crippen LogP contribution is 2.30. The number of carbonyl (C=O) groups is 2. The van der Waals surface area contributed by atoms with E-state index in [4.69, 9.17) is 0 Å². The zero-order chi connectivity index (χ0) is 11.9. The molecule has 0 saturated heterocycles. The maximum Gasteiger partial charge on any atom is 0.357 e. The Morgan fingerprint density at radius 3 is 2.94 bits per heavy atom. The van der Waals surface area contributed by atoms with Gasteiger partial charge in [0.15, 0.2) is 5.69 Å². The van der Waals surface area contributed by atoms with Gasteiger partial charge in [-0.2, -0.15) is 0 Å². The molecule has 0 aromatic carbocycles. The van der Waals surface area contributed by atoms with Crippen LogP contribution >= 0.6 is 15.9 Å². The van der Waals surface area contributed by atoms with E-state index in [9.17, 15) is 9.59 Å². The number of hydrogen-bond acceptors (Lipinski definition) is 4. The van der Waals surface area contributed by atoms with E-state index in [2.05, 4.69) is 25.7 Å². The SMILES string of the molecule is COC(=O)c1nc2c(cc1Br)CC(=O)N2C. The number of carbonyl (C=O) groups excluding carboxylic acids is 2. The quantitative estimate of drug-likeness (QED) is 0.726. The van der Waals surface area contributed by atoms with E-state index < -0.39 is 5.97 Å². The maximum atomic E-state index is 11.4. The van der Waals surface area contributed by atoms with Gasteiger partial charge >= 0.3 is 5.97 Å². The number of aromatic nitrogens is 1. The highest BCUT2D eigenvalue weighted by molar-refractivity contribution is 9.10. The summed E-state index contributed by atoms with van der Waals surface area (Å²) in [6, 6.07) is 1.73. The van der Waals surface area contributed by atoms with Crippen molar-refractivity contribution in [2.75, 3.05) is 19.1 Å². The van der Waals surface area contributed by atoms with Crippen LogP contribution in [0.1, 0.15) is 16.1 Å². The van der Waals surface area contributed by atoms with Gasteiger partial charge in [-0.25, -0.2) is 9.78 Å². The Bertz CT molecular complexity index is 487. The average molecular weight is 285 g/mol. The summed E-state index contributed by atoms with van der Waals surface area (Å²) in [6.45, 7) is 0. The van der Waals surface area contributed by atoms with E-state index in [-0.39, 0.29) is 11.6 Å². The molecule has 0 bridgehead atoms. The molecule has 16 heavy (non-hydrogen) atoms. The van der Waals surface area contributed by atoms with Crippen molar-refractivity contribution in [3.8, 4) is 0 Å². The van der Waals surface area contributed by atoms with Gasteiger partial charge in [0.05, 0.1) is 18.0 Å². The van der Waals surface area contributed by atoms with E-state index in [1.165, 1.54) is 12.0 Å². The van der Waals surface area contributed by atoms with Crippen molar-refractivity contribution in [1.29, 1.82) is 0 Å². The van der Waals surface area contributed by atoms with E-state index in [0.717, 1.165) is 5.56 Å². The van der Waals surface area contributed by atoms with Crippen molar-refractivity contribution in [2.24, 2.45) is 0 Å². The molecule has 0 radical (unpaired) electrons. The number of rotatable bonds is 1. The van der Waals surface area contributed by atoms with Crippen molar-refractivity contribution >= 4 is 33.6 Å². The zero-order valence-corrected chi connectivity index (χ0v) is 10.4. The van der Waals surface area contributed by atoms with Gasteiger partial charge in [-0.05, 0) is 22.0 Å². The smallest absolute Gasteiger partial charge is 0.357 e. The molecule has 5 nitrogen and oxygen atoms in total. The highest BCUT2D eigenvalue weighted by atomic mass is 79.9. The average Bonchev–Trinajstić information content (AvgIpc) is 2.52. The molecule has 0 fully saturated rings. The van der Waals surface area contributed by atoms with Gasteiger partial charge in [-0.3, -0.25) is 9.69 Å². The molecule has 1 amide bonds. The summed E-state index contributed by atoms with van der Waals surface area (Å²) in [5.74, 6) is -0.0348. The highest BCUT2D eigenvalue weighted by Gasteiger charge is 2.28. The Hall–Kier alpha value is -1.43. The molecule has 0 saturated carbocycles. The maximum absolute atomic E-state index is 11.4. The summed E-state index contributed by atoms with van der Waals surface area (Å²) in [4.78, 5) is 28.4. The van der Waals surface area contributed by atoms with Crippen molar-refractivity contribution < 1.29 is 14.3 Å². The number of hydrogen-bond donors (Lipinski definition) is 0. The molecule has 0 atom stereocenters. The first-order valence-electron chi connectivity index (χ1n) is 4.59. The fraction of sp³-hybridized carbons (Fsp3) is 0.300. The van der Waals surface area contributed by atoms with Crippen LogP contribution in [0.25, 0.3) is 0 Å². The molecule has 1 aromatic rings. The van der Waals surface area contributed by atoms with Crippen molar-refractivity contribution in [1.82, 2.24) is 4.98 Å². The molecule has 0 spiro atoms. The lowest BCUT2D eigenvalue weighted by atomic mass is 10.2. The molecule has 0 unspecified atom stereocenters. The predicted octanol–water partition coefficient (Wildman–Crippen LogP) is 1.15. The lowest BCUT2D eigenvalue weighted by molar-refractivity contribution is -0.117. The standard InChI is InChI=1S/C10H9BrN2O3/c1-13-7(14)4-5-3-6(11)8(10(15)16-2)12-9(5)13/h3H,4H2,1-2H3. The number of fused-ring (bicyclic) bond motifs is 1. The first-order valence-corrected chi connectivity index (χ1v) is 5.38. The normalized spacial score (nSPS) is 13.9. The summed E-state index contributed by atoms with van der Waals surface area (Å²) in [6.07, 6.45) is 0.318. The third-order valence-electron chi connectivity index (χ3n) is 2.44. The van der Waals surface area contributed by atoms with Crippen molar-refractivity contribution in [3.63, 3.8) is 0 Å². The molecule has 0 N–H and O–H groups in total. The Balaban J connectivity index is 2.54. The minimum Gasteiger partial charge on any atom is -0.464 e. The third kappa shape index (κ3) is 1.59. The minimum absolute atomic E-state index is 0.0311. The van der Waals surface area contributed by atoms with Gasteiger partial charge in [0, 0.05) is 12.6 Å². The van der Waals surface area contributed by atoms with Gasteiger partial charge in [0.25, 0.3) is 0 Å². The minimum atomic E-state index is -0.526. The summed E-state index contributed by atoms with van der Waals surface area (Å²) in [7, 11) is 2.93. The Morgan fingerprint density at radius 2 is 2.31 bits per heavy atom. The van der Waals surface area contributed by atoms with Crippen LogP contribution in [0.5, 0.6) is 0 Å². The molecule has 1 aliphatic heterocycles. The summed E-state index contributed by atoms with van der Waals surface area (Å²) >= 11 is 3.24. The number of pyridine rings is 1. The lowest BCUT2D eigenvalue weighted by Crippen LogP contribution is -2.22. The van der Waals surface area contributed by atoms with Crippen LogP contribution in [0.3, 0.4) is 0 Å². The van der Waals surface area contributed by atoms with Gasteiger partial charge in [-0.15, -0.1) is 0 Å². The zero-order valence-electron chi connectivity index (χ0n) is 8.78. The number of methoxy groups -OCH3 is 1. The Morgan fingerprint density at radius 1 is 1.62 bits per heavy atom. The summed E-state index contributed by atoms with van der Waals surface area (Å²) < 4.78 is 5.15. The summed E-state index contributed by atoms with van der Waals surface area (Å²) in [5, 5.41) is 0. The fourth-order valence-corrected chi connectivity index (χ4v) is 2.10. The number of halogens is 1. The molecule has 84 valence electrons. The van der Waals surface area contributed by atoms with E-state index in [1.54, 1.807) is 13.1 Å². The molecular weight excluding hydrogens is 276 g/mol. The summed E-state index contributed by atoms with van der Waals surface area (Å²) in [5.41, 5.74) is 0.995. The van der Waals surface area contributed by atoms with Crippen LogP contribution in [0.15, 0.2) is 10.5 Å². The van der Waals surface area contributed by atoms with E-state index >= 15 is 0 Å². The number of amides is 1. The Labute approximate surface area is 101 Å². The number of anilines is 1. The van der Waals surface area contributed by atoms with Crippen LogP contribution in [-0.4, -0.2) is 31.0 Å². The third-order valence-corrected chi connectivity index (χ3v) is 3.05. The lowest BCUT2D eigenvalue weighted by Gasteiger charge is -2.10. The number of ether oxygens (including phenoxy) is 1. The number of esters is 1. The van der Waals surface area contributed by atoms with Gasteiger partial charge in [0.2, 0.25) is 5.91 Å². The predicted molar refractivity (Wildman–Crippen MR) is 60.4 cm³/mol. The van der Waals surface area contributed by atoms with Gasteiger partial charge in [-0.1, -0.05) is 0 Å². The molecule has 1 aliphatic rings. The van der Waals surface area contributed by atoms with Crippen LogP contribution in [0.2, 0.25) is 0 Å². The molecule has 0 aliphatic carbocycles. The number of nitrogens with zero attached hydrogens (tertiary/aromatic N) is 2. The van der Waals surface area contributed by atoms with Gasteiger partial charge < -0.3 is 4.74 Å². The van der Waals surface area contributed by atoms with Crippen molar-refractivity contribution in [3.05, 3.63) is 21.8 Å².